The van der Waals surface area contributed by atoms with Gasteiger partial charge in [0.25, 0.3) is 0 Å². The smallest absolute Gasteiger partial charge is 0.237 e. The van der Waals surface area contributed by atoms with Crippen molar-refractivity contribution in [2.75, 3.05) is 26.0 Å². The van der Waals surface area contributed by atoms with Gasteiger partial charge in [-0.3, -0.25) is 4.79 Å². The summed E-state index contributed by atoms with van der Waals surface area (Å²) >= 11 is 0. The van der Waals surface area contributed by atoms with Crippen LogP contribution in [0.4, 0.5) is 0 Å². The minimum atomic E-state index is -3.71. The van der Waals surface area contributed by atoms with Crippen LogP contribution in [0, 0.1) is 11.3 Å². The molecule has 0 spiro atoms. The summed E-state index contributed by atoms with van der Waals surface area (Å²) in [5.41, 5.74) is 0. The van der Waals surface area contributed by atoms with Crippen LogP contribution >= 0.6 is 0 Å². The zero-order valence-electron chi connectivity index (χ0n) is 9.19. The van der Waals surface area contributed by atoms with Gasteiger partial charge in [0.1, 0.15) is 0 Å². The highest BCUT2D eigenvalue weighted by atomic mass is 32.2. The van der Waals surface area contributed by atoms with Crippen molar-refractivity contribution >= 4 is 15.9 Å². The number of sulfonamides is 1. The van der Waals surface area contributed by atoms with E-state index < -0.39 is 27.7 Å². The molecular weight excluding hydrogens is 234 g/mol. The van der Waals surface area contributed by atoms with E-state index in [1.54, 1.807) is 0 Å². The Balaban J connectivity index is 4.11. The number of hydrogen-bond acceptors (Lipinski definition) is 5. The molecule has 0 bridgehead atoms. The first-order chi connectivity index (χ1) is 7.43. The molecule has 0 radical (unpaired) electrons. The second-order valence-electron chi connectivity index (χ2n) is 3.04. The molecule has 1 atom stereocenters. The molecule has 0 heterocycles. The van der Waals surface area contributed by atoms with E-state index in [0.29, 0.717) is 13.2 Å². The predicted octanol–water partition coefficient (Wildman–Crippen LogP) is -1.42. The highest BCUT2D eigenvalue weighted by molar-refractivity contribution is 7.89. The monoisotopic (exact) mass is 249 g/mol. The van der Waals surface area contributed by atoms with E-state index in [9.17, 15) is 13.2 Å². The SMILES string of the molecule is COCCNC(=O)C(C)NS(=O)(=O)CC#N. The van der Waals surface area contributed by atoms with Crippen LogP contribution in [0.1, 0.15) is 6.92 Å². The lowest BCUT2D eigenvalue weighted by Gasteiger charge is -2.12. The average Bonchev–Trinajstić information content (AvgIpc) is 2.16. The molecule has 0 aromatic carbocycles. The number of carbonyl (C=O) groups is 1. The van der Waals surface area contributed by atoms with Crippen molar-refractivity contribution in [1.29, 1.82) is 5.26 Å². The minimum absolute atomic E-state index is 0.305. The highest BCUT2D eigenvalue weighted by Crippen LogP contribution is 1.89. The van der Waals surface area contributed by atoms with Gasteiger partial charge in [-0.25, -0.2) is 13.1 Å². The van der Waals surface area contributed by atoms with E-state index in [-0.39, 0.29) is 0 Å². The maximum atomic E-state index is 11.3. The first kappa shape index (κ1) is 14.8. The van der Waals surface area contributed by atoms with Crippen molar-refractivity contribution in [2.45, 2.75) is 13.0 Å². The topological polar surface area (TPSA) is 108 Å². The minimum Gasteiger partial charge on any atom is -0.383 e. The highest BCUT2D eigenvalue weighted by Gasteiger charge is 2.19. The number of nitrogens with one attached hydrogen (secondary N) is 2. The Morgan fingerprint density at radius 2 is 2.19 bits per heavy atom. The second-order valence-corrected chi connectivity index (χ2v) is 4.79. The molecule has 0 aromatic heterocycles. The van der Waals surface area contributed by atoms with Crippen LogP contribution in [0.3, 0.4) is 0 Å². The maximum absolute atomic E-state index is 11.3. The number of nitriles is 1. The third-order valence-electron chi connectivity index (χ3n) is 1.61. The van der Waals surface area contributed by atoms with Gasteiger partial charge in [-0.1, -0.05) is 0 Å². The zero-order chi connectivity index (χ0) is 12.6. The molecule has 0 saturated heterocycles. The van der Waals surface area contributed by atoms with Crippen molar-refractivity contribution in [3.63, 3.8) is 0 Å². The molecule has 2 N–H and O–H groups in total. The maximum Gasteiger partial charge on any atom is 0.237 e. The molecular formula is C8H15N3O4S. The van der Waals surface area contributed by atoms with Crippen LogP contribution in [0.15, 0.2) is 0 Å². The quantitative estimate of drug-likeness (QED) is 0.538. The van der Waals surface area contributed by atoms with Crippen molar-refractivity contribution in [3.05, 3.63) is 0 Å². The van der Waals surface area contributed by atoms with Gasteiger partial charge < -0.3 is 10.1 Å². The Labute approximate surface area is 94.8 Å². The molecule has 1 unspecified atom stereocenters. The summed E-state index contributed by atoms with van der Waals surface area (Å²) in [5.74, 6) is -1.12. The molecule has 0 aliphatic rings. The number of methoxy groups -OCH3 is 1. The number of hydrogen-bond donors (Lipinski definition) is 2. The van der Waals surface area contributed by atoms with Crippen molar-refractivity contribution in [2.24, 2.45) is 0 Å². The first-order valence-electron chi connectivity index (χ1n) is 4.56. The number of ether oxygens (including phenoxy) is 1. The Morgan fingerprint density at radius 3 is 2.69 bits per heavy atom. The fourth-order valence-electron chi connectivity index (χ4n) is 0.879. The standard InChI is InChI=1S/C8H15N3O4S/c1-7(8(12)10-4-5-15-2)11-16(13,14)6-3-9/h7,11H,4-6H2,1-2H3,(H,10,12). The molecule has 7 nitrogen and oxygen atoms in total. The number of rotatable bonds is 7. The lowest BCUT2D eigenvalue weighted by Crippen LogP contribution is -2.46. The molecule has 0 aliphatic heterocycles. The van der Waals surface area contributed by atoms with Crippen LogP contribution in [0.5, 0.6) is 0 Å². The lowest BCUT2D eigenvalue weighted by molar-refractivity contribution is -0.122. The molecule has 0 saturated carbocycles. The van der Waals surface area contributed by atoms with Gasteiger partial charge >= 0.3 is 0 Å². The van der Waals surface area contributed by atoms with Gasteiger partial charge in [-0.2, -0.15) is 5.26 Å². The molecule has 16 heavy (non-hydrogen) atoms. The molecule has 0 aromatic rings. The van der Waals surface area contributed by atoms with Gasteiger partial charge in [0.05, 0.1) is 18.7 Å². The summed E-state index contributed by atoms with van der Waals surface area (Å²) in [4.78, 5) is 11.3. The third-order valence-corrected chi connectivity index (χ3v) is 2.83. The number of nitrogens with zero attached hydrogens (tertiary/aromatic N) is 1. The van der Waals surface area contributed by atoms with Crippen LogP contribution < -0.4 is 10.0 Å². The Hall–Kier alpha value is -1.17. The van der Waals surface area contributed by atoms with Gasteiger partial charge in [0.15, 0.2) is 5.75 Å². The first-order valence-corrected chi connectivity index (χ1v) is 6.21. The number of amides is 1. The van der Waals surface area contributed by atoms with Crippen molar-refractivity contribution in [3.8, 4) is 6.07 Å². The Bertz CT molecular complexity index is 360. The summed E-state index contributed by atoms with van der Waals surface area (Å²) in [6.07, 6.45) is 0. The fraction of sp³-hybridized carbons (Fsp3) is 0.750. The van der Waals surface area contributed by atoms with Gasteiger partial charge in [-0.15, -0.1) is 0 Å². The van der Waals surface area contributed by atoms with E-state index in [1.165, 1.54) is 20.1 Å². The van der Waals surface area contributed by atoms with Crippen LogP contribution in [-0.4, -0.2) is 46.4 Å². The van der Waals surface area contributed by atoms with Crippen molar-refractivity contribution < 1.29 is 17.9 Å². The van der Waals surface area contributed by atoms with Crippen LogP contribution in [0.2, 0.25) is 0 Å². The lowest BCUT2D eigenvalue weighted by atomic mass is 10.3. The van der Waals surface area contributed by atoms with E-state index >= 15 is 0 Å². The van der Waals surface area contributed by atoms with E-state index in [1.807, 2.05) is 0 Å². The largest absolute Gasteiger partial charge is 0.383 e. The summed E-state index contributed by atoms with van der Waals surface area (Å²) in [5, 5.41) is 10.7. The molecule has 0 aliphatic carbocycles. The fourth-order valence-corrected chi connectivity index (χ4v) is 1.78. The van der Waals surface area contributed by atoms with E-state index in [4.69, 9.17) is 10.00 Å². The molecule has 1 amide bonds. The molecule has 0 fully saturated rings. The summed E-state index contributed by atoms with van der Waals surface area (Å²) < 4.78 is 29.1. The van der Waals surface area contributed by atoms with E-state index in [2.05, 4.69) is 10.0 Å². The van der Waals surface area contributed by atoms with Gasteiger partial charge in [0, 0.05) is 13.7 Å². The Kier molecular flexibility index (Phi) is 6.64. The summed E-state index contributed by atoms with van der Waals surface area (Å²) in [6, 6.07) is 0.595. The third kappa shape index (κ3) is 6.34. The van der Waals surface area contributed by atoms with Crippen molar-refractivity contribution in [1.82, 2.24) is 10.0 Å². The van der Waals surface area contributed by atoms with Crippen LogP contribution in [0.25, 0.3) is 0 Å². The second kappa shape index (κ2) is 7.16. The van der Waals surface area contributed by atoms with Gasteiger partial charge in [0.2, 0.25) is 15.9 Å². The average molecular weight is 249 g/mol. The summed E-state index contributed by atoms with van der Waals surface area (Å²) in [7, 11) is -2.22. The molecule has 92 valence electrons. The predicted molar refractivity (Wildman–Crippen MR) is 56.9 cm³/mol. The zero-order valence-corrected chi connectivity index (χ0v) is 10.0. The number of carbonyl (C=O) groups excluding carboxylic acids is 1. The summed E-state index contributed by atoms with van der Waals surface area (Å²) in [6.45, 7) is 2.06. The van der Waals surface area contributed by atoms with Crippen LogP contribution in [-0.2, 0) is 19.6 Å². The normalized spacial score (nSPS) is 12.8. The Morgan fingerprint density at radius 1 is 1.56 bits per heavy atom. The molecule has 0 rings (SSSR count). The molecule has 8 heteroatoms. The van der Waals surface area contributed by atoms with E-state index in [0.717, 1.165) is 0 Å². The van der Waals surface area contributed by atoms with Gasteiger partial charge in [-0.05, 0) is 6.92 Å².